The molecule has 10 nitrogen and oxygen atoms in total. The van der Waals surface area contributed by atoms with E-state index in [9.17, 15) is 17.6 Å². The topological polar surface area (TPSA) is 126 Å². The molecule has 1 aromatic carbocycles. The lowest BCUT2D eigenvalue weighted by atomic mass is 10.0. The second-order valence-electron chi connectivity index (χ2n) is 7.25. The molecule has 3 aromatic rings. The largest absolute Gasteiger partial charge is 0.377 e. The summed E-state index contributed by atoms with van der Waals surface area (Å²) in [7, 11) is -0.916. The number of sulfonamides is 1. The van der Waals surface area contributed by atoms with E-state index < -0.39 is 15.8 Å². The summed E-state index contributed by atoms with van der Waals surface area (Å²) in [4.78, 5) is 26.9. The first-order chi connectivity index (χ1) is 15.2. The SMILES string of the molecule is CNS(=O)(=O)c1ccc(Nc2ncc3ccc(C(=O)N4C[C@H](OC)[C@H]4C)nc3n2)c(F)c1. The molecule has 2 aromatic heterocycles. The van der Waals surface area contributed by atoms with Crippen molar-refractivity contribution < 1.29 is 22.3 Å². The Morgan fingerprint density at radius 2 is 2.03 bits per heavy atom. The number of methoxy groups -OCH3 is 1. The maximum Gasteiger partial charge on any atom is 0.272 e. The number of ether oxygens (including phenoxy) is 1. The van der Waals surface area contributed by atoms with Crippen LogP contribution >= 0.6 is 0 Å². The zero-order valence-electron chi connectivity index (χ0n) is 17.5. The number of carbonyl (C=O) groups is 1. The first-order valence-electron chi connectivity index (χ1n) is 9.71. The number of hydrogen-bond donors (Lipinski definition) is 2. The highest BCUT2D eigenvalue weighted by molar-refractivity contribution is 7.89. The molecule has 0 aliphatic carbocycles. The molecule has 4 rings (SSSR count). The van der Waals surface area contributed by atoms with Crippen LogP contribution in [0.25, 0.3) is 11.0 Å². The van der Waals surface area contributed by atoms with Gasteiger partial charge >= 0.3 is 0 Å². The quantitative estimate of drug-likeness (QED) is 0.569. The van der Waals surface area contributed by atoms with Crippen molar-refractivity contribution >= 4 is 38.6 Å². The smallest absolute Gasteiger partial charge is 0.272 e. The Kier molecular flexibility index (Phi) is 5.75. The monoisotopic (exact) mass is 460 g/mol. The number of nitrogens with one attached hydrogen (secondary N) is 2. The summed E-state index contributed by atoms with van der Waals surface area (Å²) in [5, 5.41) is 3.32. The minimum atomic E-state index is -3.77. The second-order valence-corrected chi connectivity index (χ2v) is 9.14. The van der Waals surface area contributed by atoms with Crippen LogP contribution in [0.4, 0.5) is 16.0 Å². The van der Waals surface area contributed by atoms with Gasteiger partial charge in [0.05, 0.1) is 22.7 Å². The fourth-order valence-corrected chi connectivity index (χ4v) is 4.09. The van der Waals surface area contributed by atoms with Gasteiger partial charge in [-0.05, 0) is 44.3 Å². The molecule has 0 saturated carbocycles. The summed E-state index contributed by atoms with van der Waals surface area (Å²) < 4.78 is 45.5. The van der Waals surface area contributed by atoms with Crippen molar-refractivity contribution in [2.24, 2.45) is 0 Å². The van der Waals surface area contributed by atoms with E-state index in [1.165, 1.54) is 25.4 Å². The Bertz CT molecular complexity index is 1300. The predicted molar refractivity (Wildman–Crippen MR) is 115 cm³/mol. The maximum absolute atomic E-state index is 14.4. The van der Waals surface area contributed by atoms with Gasteiger partial charge in [-0.3, -0.25) is 4.79 Å². The zero-order valence-corrected chi connectivity index (χ0v) is 18.4. The summed E-state index contributed by atoms with van der Waals surface area (Å²) in [6.45, 7) is 2.40. The fraction of sp³-hybridized carbons (Fsp3) is 0.300. The third-order valence-electron chi connectivity index (χ3n) is 5.40. The van der Waals surface area contributed by atoms with Gasteiger partial charge in [0.25, 0.3) is 5.91 Å². The first-order valence-corrected chi connectivity index (χ1v) is 11.2. The van der Waals surface area contributed by atoms with E-state index >= 15 is 0 Å². The summed E-state index contributed by atoms with van der Waals surface area (Å²) in [5.41, 5.74) is 0.489. The van der Waals surface area contributed by atoms with Gasteiger partial charge in [-0.1, -0.05) is 0 Å². The molecule has 32 heavy (non-hydrogen) atoms. The lowest BCUT2D eigenvalue weighted by Crippen LogP contribution is -2.61. The summed E-state index contributed by atoms with van der Waals surface area (Å²) >= 11 is 0. The van der Waals surface area contributed by atoms with Crippen molar-refractivity contribution in [1.29, 1.82) is 0 Å². The number of benzene rings is 1. The fourth-order valence-electron chi connectivity index (χ4n) is 3.35. The van der Waals surface area contributed by atoms with Gasteiger partial charge in [-0.25, -0.2) is 27.5 Å². The van der Waals surface area contributed by atoms with Gasteiger partial charge in [-0.2, -0.15) is 4.98 Å². The average Bonchev–Trinajstić information content (AvgIpc) is 2.79. The van der Waals surface area contributed by atoms with Crippen molar-refractivity contribution in [1.82, 2.24) is 24.6 Å². The van der Waals surface area contributed by atoms with Crippen LogP contribution in [0.2, 0.25) is 0 Å². The molecule has 0 bridgehead atoms. The molecule has 1 aliphatic rings. The minimum Gasteiger partial charge on any atom is -0.377 e. The molecular weight excluding hydrogens is 439 g/mol. The number of halogens is 1. The molecule has 0 spiro atoms. The number of likely N-dealkylation sites (tertiary alicyclic amines) is 1. The third-order valence-corrected chi connectivity index (χ3v) is 6.81. The van der Waals surface area contributed by atoms with Gasteiger partial charge in [0, 0.05) is 25.2 Å². The molecule has 12 heteroatoms. The van der Waals surface area contributed by atoms with E-state index in [4.69, 9.17) is 4.74 Å². The van der Waals surface area contributed by atoms with Crippen LogP contribution in [0.3, 0.4) is 0 Å². The molecule has 1 fully saturated rings. The van der Waals surface area contributed by atoms with Crippen LogP contribution in [-0.2, 0) is 14.8 Å². The van der Waals surface area contributed by atoms with E-state index in [0.717, 1.165) is 6.07 Å². The van der Waals surface area contributed by atoms with Crippen LogP contribution in [-0.4, -0.2) is 67.0 Å². The average molecular weight is 460 g/mol. The number of pyridine rings is 1. The van der Waals surface area contributed by atoms with Gasteiger partial charge in [-0.15, -0.1) is 0 Å². The van der Waals surface area contributed by atoms with E-state index in [1.807, 2.05) is 6.92 Å². The van der Waals surface area contributed by atoms with Crippen molar-refractivity contribution in [3.05, 3.63) is 48.0 Å². The molecule has 1 amide bonds. The Morgan fingerprint density at radius 3 is 2.69 bits per heavy atom. The first kappa shape index (κ1) is 22.0. The van der Waals surface area contributed by atoms with Crippen molar-refractivity contribution in [2.45, 2.75) is 24.0 Å². The van der Waals surface area contributed by atoms with E-state index in [0.29, 0.717) is 11.9 Å². The van der Waals surface area contributed by atoms with Crippen LogP contribution < -0.4 is 10.0 Å². The summed E-state index contributed by atoms with van der Waals surface area (Å²) in [6.07, 6.45) is 1.50. The number of hydrogen-bond acceptors (Lipinski definition) is 8. The van der Waals surface area contributed by atoms with Gasteiger partial charge in [0.2, 0.25) is 16.0 Å². The lowest BCUT2D eigenvalue weighted by Gasteiger charge is -2.45. The Labute approximate surface area is 183 Å². The Hall–Kier alpha value is -3.22. The van der Waals surface area contributed by atoms with Crippen LogP contribution in [0, 0.1) is 5.82 Å². The van der Waals surface area contributed by atoms with E-state index in [2.05, 4.69) is 25.0 Å². The predicted octanol–water partition coefficient (Wildman–Crippen LogP) is 1.67. The number of aromatic nitrogens is 3. The van der Waals surface area contributed by atoms with Crippen LogP contribution in [0.5, 0.6) is 0 Å². The highest BCUT2D eigenvalue weighted by atomic mass is 32.2. The molecular formula is C20H21FN6O4S. The molecule has 1 aliphatic heterocycles. The number of nitrogens with zero attached hydrogens (tertiary/aromatic N) is 4. The van der Waals surface area contributed by atoms with Crippen LogP contribution in [0.15, 0.2) is 41.4 Å². The summed E-state index contributed by atoms with van der Waals surface area (Å²) in [6, 6.07) is 6.67. The van der Waals surface area contributed by atoms with E-state index in [1.54, 1.807) is 24.1 Å². The lowest BCUT2D eigenvalue weighted by molar-refractivity contribution is -0.0594. The van der Waals surface area contributed by atoms with Gasteiger partial charge in [0.15, 0.2) is 5.65 Å². The number of fused-ring (bicyclic) bond motifs is 1. The Balaban J connectivity index is 1.58. The molecule has 1 saturated heterocycles. The van der Waals surface area contributed by atoms with Crippen molar-refractivity contribution in [3.8, 4) is 0 Å². The maximum atomic E-state index is 14.4. The van der Waals surface area contributed by atoms with Crippen molar-refractivity contribution in [3.63, 3.8) is 0 Å². The summed E-state index contributed by atoms with van der Waals surface area (Å²) in [5.74, 6) is -0.968. The molecule has 168 valence electrons. The van der Waals surface area contributed by atoms with Crippen molar-refractivity contribution in [2.75, 3.05) is 26.0 Å². The minimum absolute atomic E-state index is 0.00177. The Morgan fingerprint density at radius 1 is 1.25 bits per heavy atom. The number of rotatable bonds is 6. The second kappa shape index (κ2) is 8.37. The molecule has 3 heterocycles. The third kappa shape index (κ3) is 3.99. The van der Waals surface area contributed by atoms with E-state index in [-0.39, 0.29) is 45.9 Å². The highest BCUT2D eigenvalue weighted by Crippen LogP contribution is 2.24. The molecule has 2 atom stereocenters. The van der Waals surface area contributed by atoms with Gasteiger partial charge < -0.3 is 15.0 Å². The standard InChI is InChI=1S/C20H21FN6O4S/c1-11-17(31-3)10-27(11)19(28)16-6-4-12-9-23-20(26-18(12)24-16)25-15-7-5-13(8-14(15)21)32(29,30)22-2/h4-9,11,17,22H,10H2,1-3H3,(H,23,24,25,26)/t11-,17+/m1/s1. The number of carbonyl (C=O) groups excluding carboxylic acids is 1. The number of anilines is 2. The normalized spacial score (nSPS) is 18.4. The number of amides is 1. The van der Waals surface area contributed by atoms with Crippen LogP contribution in [0.1, 0.15) is 17.4 Å². The molecule has 0 unspecified atom stereocenters. The highest BCUT2D eigenvalue weighted by Gasteiger charge is 2.39. The molecule has 2 N–H and O–H groups in total. The molecule has 0 radical (unpaired) electrons. The van der Waals surface area contributed by atoms with Gasteiger partial charge in [0.1, 0.15) is 11.5 Å². The zero-order chi connectivity index (χ0) is 23.0.